The van der Waals surface area contributed by atoms with Crippen LogP contribution in [0.1, 0.15) is 39.5 Å². The summed E-state index contributed by atoms with van der Waals surface area (Å²) >= 11 is 0. The largest absolute Gasteiger partial charge is 0.407 e. The van der Waals surface area contributed by atoms with Crippen molar-refractivity contribution in [2.24, 2.45) is 5.92 Å². The topological polar surface area (TPSA) is 54.2 Å². The van der Waals surface area contributed by atoms with Gasteiger partial charge in [0.05, 0.1) is 6.54 Å². The molecule has 1 unspecified atom stereocenters. The van der Waals surface area contributed by atoms with E-state index in [0.717, 1.165) is 5.92 Å². The molecule has 5 nitrogen and oxygen atoms in total. The number of nitrogens with one attached hydrogen (secondary N) is 1. The lowest BCUT2D eigenvalue weighted by Crippen LogP contribution is -2.30. The first kappa shape index (κ1) is 12.4. The monoisotopic (exact) mass is 238 g/mol. The maximum Gasteiger partial charge on any atom is 0.318 e. The zero-order valence-corrected chi connectivity index (χ0v) is 11.1. The minimum atomic E-state index is 0.425. The van der Waals surface area contributed by atoms with Crippen LogP contribution in [0.15, 0.2) is 4.42 Å². The summed E-state index contributed by atoms with van der Waals surface area (Å²) in [6.07, 6.45) is 2.64. The molecule has 1 saturated carbocycles. The van der Waals surface area contributed by atoms with Gasteiger partial charge in [0.1, 0.15) is 0 Å². The summed E-state index contributed by atoms with van der Waals surface area (Å²) in [6.45, 7) is 7.04. The Morgan fingerprint density at radius 1 is 1.35 bits per heavy atom. The maximum atomic E-state index is 5.64. The zero-order chi connectivity index (χ0) is 12.4. The maximum absolute atomic E-state index is 5.64. The van der Waals surface area contributed by atoms with Crippen molar-refractivity contribution in [3.8, 4) is 0 Å². The van der Waals surface area contributed by atoms with E-state index in [1.807, 2.05) is 7.05 Å². The molecule has 1 heterocycles. The molecular formula is C12H22N4O. The molecule has 1 aromatic heterocycles. The van der Waals surface area contributed by atoms with Crippen molar-refractivity contribution >= 4 is 6.01 Å². The highest BCUT2D eigenvalue weighted by molar-refractivity contribution is 5.25. The van der Waals surface area contributed by atoms with Crippen LogP contribution in [0.3, 0.4) is 0 Å². The van der Waals surface area contributed by atoms with E-state index >= 15 is 0 Å². The van der Waals surface area contributed by atoms with Gasteiger partial charge < -0.3 is 14.6 Å². The summed E-state index contributed by atoms with van der Waals surface area (Å²) in [4.78, 5) is 2.09. The molecule has 0 bridgehead atoms. The fourth-order valence-electron chi connectivity index (χ4n) is 1.82. The Bertz CT molecular complexity index is 359. The van der Waals surface area contributed by atoms with E-state index in [1.54, 1.807) is 0 Å². The molecule has 1 aliphatic rings. The van der Waals surface area contributed by atoms with Gasteiger partial charge in [-0.05, 0) is 25.7 Å². The van der Waals surface area contributed by atoms with Gasteiger partial charge in [0.2, 0.25) is 5.89 Å². The fourth-order valence-corrected chi connectivity index (χ4v) is 1.82. The summed E-state index contributed by atoms with van der Waals surface area (Å²) in [6, 6.07) is 1.54. The molecule has 5 heteroatoms. The van der Waals surface area contributed by atoms with E-state index in [4.69, 9.17) is 4.42 Å². The predicted octanol–water partition coefficient (Wildman–Crippen LogP) is 1.80. The van der Waals surface area contributed by atoms with Crippen molar-refractivity contribution in [1.29, 1.82) is 0 Å². The first-order valence-electron chi connectivity index (χ1n) is 6.36. The van der Waals surface area contributed by atoms with Crippen molar-refractivity contribution in [3.05, 3.63) is 5.89 Å². The molecule has 0 spiro atoms. The second-order valence-electron chi connectivity index (χ2n) is 5.20. The van der Waals surface area contributed by atoms with Crippen molar-refractivity contribution in [1.82, 2.24) is 15.5 Å². The third-order valence-electron chi connectivity index (χ3n) is 3.33. The minimum absolute atomic E-state index is 0.425. The van der Waals surface area contributed by atoms with Crippen LogP contribution in [0, 0.1) is 5.92 Å². The van der Waals surface area contributed by atoms with E-state index in [2.05, 4.69) is 41.2 Å². The van der Waals surface area contributed by atoms with Crippen LogP contribution in [0.4, 0.5) is 6.01 Å². The second-order valence-corrected chi connectivity index (χ2v) is 5.20. The zero-order valence-electron chi connectivity index (χ0n) is 11.1. The molecule has 1 aliphatic carbocycles. The first-order chi connectivity index (χ1) is 8.08. The van der Waals surface area contributed by atoms with Gasteiger partial charge in [-0.3, -0.25) is 0 Å². The van der Waals surface area contributed by atoms with E-state index in [9.17, 15) is 0 Å². The third kappa shape index (κ3) is 3.19. The Balaban J connectivity index is 1.92. The normalized spacial score (nSPS) is 17.5. The van der Waals surface area contributed by atoms with Crippen LogP contribution in [-0.4, -0.2) is 29.3 Å². The standard InChI is InChI=1S/C12H22N4O/c1-8(2)13-7-11-14-15-12(17-11)16(4)9(3)10-5-6-10/h8-10,13H,5-7H2,1-4H3. The van der Waals surface area contributed by atoms with Gasteiger partial charge >= 0.3 is 6.01 Å². The quantitative estimate of drug-likeness (QED) is 0.819. The van der Waals surface area contributed by atoms with Crippen LogP contribution in [-0.2, 0) is 6.54 Å². The Morgan fingerprint density at radius 3 is 2.65 bits per heavy atom. The lowest BCUT2D eigenvalue weighted by atomic mass is 10.2. The van der Waals surface area contributed by atoms with Crippen molar-refractivity contribution in [2.75, 3.05) is 11.9 Å². The van der Waals surface area contributed by atoms with Gasteiger partial charge in [-0.1, -0.05) is 18.9 Å². The average Bonchev–Trinajstić information content (AvgIpc) is 3.03. The van der Waals surface area contributed by atoms with E-state index in [0.29, 0.717) is 30.5 Å². The summed E-state index contributed by atoms with van der Waals surface area (Å²) in [5, 5.41) is 11.4. The average molecular weight is 238 g/mol. The number of hydrogen-bond acceptors (Lipinski definition) is 5. The summed E-state index contributed by atoms with van der Waals surface area (Å²) < 4.78 is 5.64. The fraction of sp³-hybridized carbons (Fsp3) is 0.833. The van der Waals surface area contributed by atoms with Gasteiger partial charge in [-0.2, -0.15) is 0 Å². The molecule has 0 saturated heterocycles. The molecule has 17 heavy (non-hydrogen) atoms. The minimum Gasteiger partial charge on any atom is -0.407 e. The van der Waals surface area contributed by atoms with Gasteiger partial charge in [-0.15, -0.1) is 5.10 Å². The molecule has 0 amide bonds. The molecule has 2 rings (SSSR count). The number of rotatable bonds is 6. The summed E-state index contributed by atoms with van der Waals surface area (Å²) in [5.41, 5.74) is 0. The summed E-state index contributed by atoms with van der Waals surface area (Å²) in [5.74, 6) is 1.45. The number of hydrogen-bond donors (Lipinski definition) is 1. The van der Waals surface area contributed by atoms with Gasteiger partial charge in [-0.25, -0.2) is 0 Å². The molecule has 0 radical (unpaired) electrons. The second kappa shape index (κ2) is 5.04. The lowest BCUT2D eigenvalue weighted by Gasteiger charge is -2.22. The molecule has 1 aromatic rings. The molecule has 96 valence electrons. The first-order valence-corrected chi connectivity index (χ1v) is 6.36. The highest BCUT2D eigenvalue weighted by atomic mass is 16.4. The van der Waals surface area contributed by atoms with Crippen LogP contribution >= 0.6 is 0 Å². The molecule has 0 aromatic carbocycles. The van der Waals surface area contributed by atoms with Crippen molar-refractivity contribution in [3.63, 3.8) is 0 Å². The predicted molar refractivity (Wildman–Crippen MR) is 66.9 cm³/mol. The molecule has 0 aliphatic heterocycles. The van der Waals surface area contributed by atoms with E-state index in [-0.39, 0.29) is 0 Å². The highest BCUT2D eigenvalue weighted by Crippen LogP contribution is 2.35. The molecular weight excluding hydrogens is 216 g/mol. The molecule has 1 fully saturated rings. The van der Waals surface area contributed by atoms with Crippen molar-refractivity contribution < 1.29 is 4.42 Å². The van der Waals surface area contributed by atoms with Crippen LogP contribution < -0.4 is 10.2 Å². The smallest absolute Gasteiger partial charge is 0.318 e. The van der Waals surface area contributed by atoms with Crippen molar-refractivity contribution in [2.45, 2.75) is 52.2 Å². The van der Waals surface area contributed by atoms with Crippen LogP contribution in [0.25, 0.3) is 0 Å². The van der Waals surface area contributed by atoms with Crippen LogP contribution in [0.5, 0.6) is 0 Å². The lowest BCUT2D eigenvalue weighted by molar-refractivity contribution is 0.438. The summed E-state index contributed by atoms with van der Waals surface area (Å²) in [7, 11) is 2.02. The number of nitrogens with zero attached hydrogens (tertiary/aromatic N) is 3. The molecule has 1 N–H and O–H groups in total. The Labute approximate surface area is 103 Å². The van der Waals surface area contributed by atoms with Crippen LogP contribution in [0.2, 0.25) is 0 Å². The number of anilines is 1. The Kier molecular flexibility index (Phi) is 3.66. The Morgan fingerprint density at radius 2 is 2.06 bits per heavy atom. The van der Waals surface area contributed by atoms with Gasteiger partial charge in [0.25, 0.3) is 0 Å². The Hall–Kier alpha value is -1.10. The third-order valence-corrected chi connectivity index (χ3v) is 3.33. The highest BCUT2D eigenvalue weighted by Gasteiger charge is 2.32. The number of aromatic nitrogens is 2. The van der Waals surface area contributed by atoms with Gasteiger partial charge in [0, 0.05) is 19.1 Å². The van der Waals surface area contributed by atoms with E-state index in [1.165, 1.54) is 12.8 Å². The molecule has 1 atom stereocenters. The SMILES string of the molecule is CC(C)NCc1nnc(N(C)C(C)C2CC2)o1. The van der Waals surface area contributed by atoms with E-state index < -0.39 is 0 Å². The van der Waals surface area contributed by atoms with Gasteiger partial charge in [0.15, 0.2) is 0 Å².